The van der Waals surface area contributed by atoms with Crippen LogP contribution in [0.25, 0.3) is 10.9 Å². The lowest BCUT2D eigenvalue weighted by atomic mass is 9.98. The van der Waals surface area contributed by atoms with Crippen LogP contribution in [0.3, 0.4) is 0 Å². The van der Waals surface area contributed by atoms with Crippen molar-refractivity contribution in [2.75, 3.05) is 26.3 Å². The second-order valence-electron chi connectivity index (χ2n) is 12.0. The Morgan fingerprint density at radius 1 is 1.21 bits per heavy atom. The van der Waals surface area contributed by atoms with Gasteiger partial charge in [0.1, 0.15) is 12.8 Å². The fraction of sp³-hybridized carbons (Fsp3) is 0.571. The Hall–Kier alpha value is -1.84. The molecule has 1 amide bonds. The maximum Gasteiger partial charge on any atom is 0.242 e. The molecule has 1 aromatic carbocycles. The van der Waals surface area contributed by atoms with Crippen LogP contribution in [0.1, 0.15) is 63.4 Å². The van der Waals surface area contributed by atoms with Crippen molar-refractivity contribution in [3.05, 3.63) is 51.9 Å². The van der Waals surface area contributed by atoms with E-state index in [2.05, 4.69) is 51.2 Å². The molecule has 2 aliphatic heterocycles. The molecule has 3 aromatic rings. The molecule has 0 saturated carbocycles. The van der Waals surface area contributed by atoms with E-state index in [0.29, 0.717) is 29.7 Å². The van der Waals surface area contributed by atoms with E-state index in [9.17, 15) is 4.79 Å². The highest BCUT2D eigenvalue weighted by Gasteiger charge is 2.38. The molecule has 0 radical (unpaired) electrons. The molecule has 0 bridgehead atoms. The first-order valence-electron chi connectivity index (χ1n) is 13.5. The zero-order valence-electron chi connectivity index (χ0n) is 23.0. The van der Waals surface area contributed by atoms with Gasteiger partial charge in [0.05, 0.1) is 28.4 Å². The summed E-state index contributed by atoms with van der Waals surface area (Å²) in [5, 5.41) is 6.73. The lowest BCUT2D eigenvalue weighted by Crippen LogP contribution is -2.44. The van der Waals surface area contributed by atoms with Crippen molar-refractivity contribution in [1.82, 2.24) is 19.2 Å². The van der Waals surface area contributed by atoms with E-state index < -0.39 is 8.32 Å². The van der Waals surface area contributed by atoms with Crippen LogP contribution in [0, 0.1) is 0 Å². The molecule has 2 aromatic heterocycles. The normalized spacial score (nSPS) is 21.1. The van der Waals surface area contributed by atoms with E-state index in [4.69, 9.17) is 32.4 Å². The van der Waals surface area contributed by atoms with Gasteiger partial charge in [-0.3, -0.25) is 4.79 Å². The minimum Gasteiger partial charge on any atom is -0.415 e. The van der Waals surface area contributed by atoms with Crippen LogP contribution in [-0.4, -0.2) is 59.8 Å². The zero-order valence-corrected chi connectivity index (χ0v) is 25.5. The number of carbonyl (C=O) groups is 1. The molecule has 5 rings (SSSR count). The molecular formula is C28H38Cl2N4O3Si. The number of hydrogen-bond donors (Lipinski definition) is 0. The number of fused-ring (bicyclic) bond motifs is 3. The Morgan fingerprint density at radius 3 is 2.71 bits per heavy atom. The fourth-order valence-electron chi connectivity index (χ4n) is 5.16. The van der Waals surface area contributed by atoms with Crippen LogP contribution in [0.15, 0.2) is 30.6 Å². The molecule has 4 heterocycles. The maximum atomic E-state index is 13.6. The van der Waals surface area contributed by atoms with Gasteiger partial charge >= 0.3 is 0 Å². The zero-order chi connectivity index (χ0) is 27.2. The van der Waals surface area contributed by atoms with Crippen LogP contribution in [-0.2, 0) is 20.5 Å². The molecule has 1 saturated heterocycles. The summed E-state index contributed by atoms with van der Waals surface area (Å²) in [5.41, 5.74) is 2.89. The van der Waals surface area contributed by atoms with E-state index >= 15 is 0 Å². The largest absolute Gasteiger partial charge is 0.415 e. The third kappa shape index (κ3) is 5.30. The first kappa shape index (κ1) is 27.7. The second-order valence-corrected chi connectivity index (χ2v) is 17.6. The summed E-state index contributed by atoms with van der Waals surface area (Å²) < 4.78 is 16.4. The number of amides is 1. The van der Waals surface area contributed by atoms with Crippen LogP contribution < -0.4 is 0 Å². The Kier molecular flexibility index (Phi) is 7.74. The van der Waals surface area contributed by atoms with Gasteiger partial charge in [0, 0.05) is 48.5 Å². The van der Waals surface area contributed by atoms with E-state index in [1.54, 1.807) is 0 Å². The molecule has 0 spiro atoms. The molecule has 0 N–H and O–H groups in total. The summed E-state index contributed by atoms with van der Waals surface area (Å²) in [6.07, 6.45) is 7.13. The standard InChI is InChI=1S/C28H38Cl2N4O3Si/c1-28(2,3)38(4,5)37-13-11-32-17-21(20-15-31-34(16-20)25-8-6-7-12-36-25)23-14-19-9-10-22(29)26(30)27(19)33(23)18-24(32)35/h9-10,14-16,21,25H,6-8,11-13,17-18H2,1-5H3. The third-order valence-corrected chi connectivity index (χ3v) is 13.8. The molecule has 2 atom stereocenters. The number of halogens is 2. The molecule has 0 aliphatic carbocycles. The lowest BCUT2D eigenvalue weighted by molar-refractivity contribution is -0.131. The number of hydrogen-bond acceptors (Lipinski definition) is 4. The number of ether oxygens (including phenoxy) is 1. The minimum atomic E-state index is -1.92. The predicted molar refractivity (Wildman–Crippen MR) is 155 cm³/mol. The van der Waals surface area contributed by atoms with Gasteiger partial charge in [-0.1, -0.05) is 50.0 Å². The van der Waals surface area contributed by atoms with Crippen molar-refractivity contribution < 1.29 is 14.0 Å². The number of carbonyl (C=O) groups excluding carboxylic acids is 1. The van der Waals surface area contributed by atoms with Crippen LogP contribution in [0.4, 0.5) is 0 Å². The summed E-state index contributed by atoms with van der Waals surface area (Å²) in [5.74, 6) is -0.0296. The first-order chi connectivity index (χ1) is 18.0. The summed E-state index contributed by atoms with van der Waals surface area (Å²) >= 11 is 13.1. The molecule has 7 nitrogen and oxygen atoms in total. The predicted octanol–water partition coefficient (Wildman–Crippen LogP) is 6.84. The van der Waals surface area contributed by atoms with Crippen molar-refractivity contribution in [2.45, 2.75) is 76.9 Å². The summed E-state index contributed by atoms with van der Waals surface area (Å²) in [4.78, 5) is 15.6. The van der Waals surface area contributed by atoms with Crippen LogP contribution in [0.5, 0.6) is 0 Å². The second kappa shape index (κ2) is 10.6. The van der Waals surface area contributed by atoms with Gasteiger partial charge in [-0.2, -0.15) is 5.10 Å². The van der Waals surface area contributed by atoms with Crippen molar-refractivity contribution in [2.24, 2.45) is 0 Å². The number of aromatic nitrogens is 3. The molecule has 206 valence electrons. The maximum absolute atomic E-state index is 13.6. The molecular weight excluding hydrogens is 539 g/mol. The van der Waals surface area contributed by atoms with Gasteiger partial charge in [-0.15, -0.1) is 0 Å². The summed E-state index contributed by atoms with van der Waals surface area (Å²) in [6.45, 7) is 13.7. The Bertz CT molecular complexity index is 1320. The highest BCUT2D eigenvalue weighted by atomic mass is 35.5. The van der Waals surface area contributed by atoms with Gasteiger partial charge < -0.3 is 18.6 Å². The molecule has 2 aliphatic rings. The number of rotatable bonds is 6. The number of benzene rings is 1. The highest BCUT2D eigenvalue weighted by Crippen LogP contribution is 2.39. The Morgan fingerprint density at radius 2 is 2.00 bits per heavy atom. The lowest BCUT2D eigenvalue weighted by Gasteiger charge is -2.37. The van der Waals surface area contributed by atoms with Gasteiger partial charge in [-0.25, -0.2) is 4.68 Å². The Balaban J connectivity index is 1.49. The van der Waals surface area contributed by atoms with Gasteiger partial charge in [0.15, 0.2) is 8.32 Å². The van der Waals surface area contributed by atoms with E-state index in [1.807, 2.05) is 32.5 Å². The molecule has 10 heteroatoms. The smallest absolute Gasteiger partial charge is 0.242 e. The van der Waals surface area contributed by atoms with E-state index in [-0.39, 0.29) is 29.6 Å². The van der Waals surface area contributed by atoms with Crippen LogP contribution >= 0.6 is 23.2 Å². The van der Waals surface area contributed by atoms with Crippen molar-refractivity contribution in [3.8, 4) is 0 Å². The highest BCUT2D eigenvalue weighted by molar-refractivity contribution is 6.74. The van der Waals surface area contributed by atoms with Gasteiger partial charge in [-0.05, 0) is 49.5 Å². The average Bonchev–Trinajstić information content (AvgIpc) is 3.46. The summed E-state index contributed by atoms with van der Waals surface area (Å²) in [6, 6.07) is 5.92. The SMILES string of the molecule is CC(C)(C)[Si](C)(C)OCCN1CC(c2cnn(C3CCCCO3)c2)c2cc3ccc(Cl)c(Cl)c3n2CC1=O. The van der Waals surface area contributed by atoms with Crippen LogP contribution in [0.2, 0.25) is 28.2 Å². The fourth-order valence-corrected chi connectivity index (χ4v) is 6.63. The third-order valence-electron chi connectivity index (χ3n) is 8.50. The average molecular weight is 578 g/mol. The first-order valence-corrected chi connectivity index (χ1v) is 17.2. The van der Waals surface area contributed by atoms with Crippen molar-refractivity contribution >= 4 is 48.3 Å². The van der Waals surface area contributed by atoms with Crippen molar-refractivity contribution in [1.29, 1.82) is 0 Å². The van der Waals surface area contributed by atoms with E-state index in [0.717, 1.165) is 48.0 Å². The van der Waals surface area contributed by atoms with Crippen molar-refractivity contribution in [3.63, 3.8) is 0 Å². The topological polar surface area (TPSA) is 61.5 Å². The molecule has 38 heavy (non-hydrogen) atoms. The quantitative estimate of drug-likeness (QED) is 0.301. The minimum absolute atomic E-state index is 0.0434. The van der Waals surface area contributed by atoms with Gasteiger partial charge in [0.25, 0.3) is 0 Å². The summed E-state index contributed by atoms with van der Waals surface area (Å²) in [7, 11) is -1.92. The molecule has 1 fully saturated rings. The number of nitrogens with zero attached hydrogens (tertiary/aromatic N) is 4. The monoisotopic (exact) mass is 576 g/mol. The molecule has 2 unspecified atom stereocenters. The Labute approximate surface area is 236 Å². The van der Waals surface area contributed by atoms with E-state index in [1.165, 1.54) is 0 Å². The van der Waals surface area contributed by atoms with Gasteiger partial charge in [0.2, 0.25) is 5.91 Å².